The van der Waals surface area contributed by atoms with Gasteiger partial charge in [-0.2, -0.15) is 0 Å². The van der Waals surface area contributed by atoms with Gasteiger partial charge in [0, 0.05) is 32.2 Å². The van der Waals surface area contributed by atoms with Gasteiger partial charge in [-0.05, 0) is 6.92 Å². The molecule has 0 saturated carbocycles. The molecule has 7 heteroatoms. The van der Waals surface area contributed by atoms with Crippen LogP contribution in [0.4, 0.5) is 5.82 Å². The summed E-state index contributed by atoms with van der Waals surface area (Å²) in [5.74, 6) is -0.377. The van der Waals surface area contributed by atoms with E-state index in [-0.39, 0.29) is 5.82 Å². The maximum absolute atomic E-state index is 11.7. The minimum absolute atomic E-state index is 0.260. The fraction of sp³-hybridized carbons (Fsp3) is 0.500. The second kappa shape index (κ2) is 4.96. The zero-order valence-corrected chi connectivity index (χ0v) is 9.52. The van der Waals surface area contributed by atoms with Gasteiger partial charge in [0.1, 0.15) is 5.76 Å². The van der Waals surface area contributed by atoms with Crippen LogP contribution in [-0.4, -0.2) is 48.0 Å². The van der Waals surface area contributed by atoms with Gasteiger partial charge in [-0.3, -0.25) is 14.9 Å². The third kappa shape index (κ3) is 2.82. The van der Waals surface area contributed by atoms with Crippen molar-refractivity contribution in [2.24, 2.45) is 0 Å². The predicted octanol–water partition coefficient (Wildman–Crippen LogP) is -0.647. The Morgan fingerprint density at radius 1 is 1.47 bits per heavy atom. The quantitative estimate of drug-likeness (QED) is 0.635. The maximum Gasteiger partial charge on any atom is 0.315 e. The highest BCUT2D eigenvalue weighted by Crippen LogP contribution is 2.07. The predicted molar refractivity (Wildman–Crippen MR) is 59.3 cm³/mol. The van der Waals surface area contributed by atoms with Crippen LogP contribution in [0.5, 0.6) is 0 Å². The molecule has 1 aliphatic heterocycles. The summed E-state index contributed by atoms with van der Waals surface area (Å²) in [7, 11) is 0. The number of aromatic nitrogens is 1. The van der Waals surface area contributed by atoms with Crippen molar-refractivity contribution in [1.29, 1.82) is 0 Å². The van der Waals surface area contributed by atoms with Gasteiger partial charge in [-0.15, -0.1) is 0 Å². The van der Waals surface area contributed by atoms with Gasteiger partial charge in [-0.25, -0.2) is 0 Å². The number of hydrogen-bond acceptors (Lipinski definition) is 5. The lowest BCUT2D eigenvalue weighted by Crippen LogP contribution is -2.49. The molecule has 2 heterocycles. The van der Waals surface area contributed by atoms with E-state index in [2.05, 4.69) is 15.8 Å². The van der Waals surface area contributed by atoms with Crippen LogP contribution < -0.4 is 10.6 Å². The topological polar surface area (TPSA) is 87.5 Å². The van der Waals surface area contributed by atoms with Crippen molar-refractivity contribution in [2.75, 3.05) is 31.5 Å². The minimum atomic E-state index is -0.680. The molecular weight excluding hydrogens is 224 g/mol. The number of carbonyl (C=O) groups excluding carboxylic acids is 2. The first-order valence-corrected chi connectivity index (χ1v) is 5.41. The Balaban J connectivity index is 1.92. The van der Waals surface area contributed by atoms with Gasteiger partial charge in [-0.1, -0.05) is 5.16 Å². The normalized spacial score (nSPS) is 15.7. The summed E-state index contributed by atoms with van der Waals surface area (Å²) in [5, 5.41) is 9.11. The average Bonchev–Trinajstić information content (AvgIpc) is 2.75. The SMILES string of the molecule is Cc1cc(NC(=O)C(=O)N2CCNCC2)no1. The molecule has 1 aromatic heterocycles. The zero-order valence-electron chi connectivity index (χ0n) is 9.52. The molecule has 0 radical (unpaired) electrons. The molecule has 0 atom stereocenters. The zero-order chi connectivity index (χ0) is 12.3. The second-order valence-corrected chi connectivity index (χ2v) is 3.82. The number of carbonyl (C=O) groups is 2. The molecule has 0 aliphatic carbocycles. The van der Waals surface area contributed by atoms with E-state index in [1.807, 2.05) is 0 Å². The Morgan fingerprint density at radius 2 is 2.18 bits per heavy atom. The van der Waals surface area contributed by atoms with E-state index in [1.165, 1.54) is 4.90 Å². The van der Waals surface area contributed by atoms with Gasteiger partial charge in [0.15, 0.2) is 5.82 Å². The summed E-state index contributed by atoms with van der Waals surface area (Å²) >= 11 is 0. The van der Waals surface area contributed by atoms with E-state index in [9.17, 15) is 9.59 Å². The van der Waals surface area contributed by atoms with E-state index in [1.54, 1.807) is 13.0 Å². The first-order chi connectivity index (χ1) is 8.16. The van der Waals surface area contributed by atoms with Gasteiger partial charge in [0.05, 0.1) is 0 Å². The molecule has 0 bridgehead atoms. The van der Waals surface area contributed by atoms with E-state index in [0.717, 1.165) is 0 Å². The molecule has 1 aliphatic rings. The number of nitrogens with zero attached hydrogens (tertiary/aromatic N) is 2. The second-order valence-electron chi connectivity index (χ2n) is 3.82. The Morgan fingerprint density at radius 3 is 2.76 bits per heavy atom. The molecule has 7 nitrogen and oxygen atoms in total. The lowest BCUT2D eigenvalue weighted by molar-refractivity contribution is -0.143. The Kier molecular flexibility index (Phi) is 3.38. The minimum Gasteiger partial charge on any atom is -0.360 e. The Labute approximate surface area is 98.1 Å². The van der Waals surface area contributed by atoms with E-state index in [0.29, 0.717) is 31.9 Å². The summed E-state index contributed by atoms with van der Waals surface area (Å²) in [4.78, 5) is 24.9. The smallest absolute Gasteiger partial charge is 0.315 e. The van der Waals surface area contributed by atoms with Crippen LogP contribution in [0.1, 0.15) is 5.76 Å². The maximum atomic E-state index is 11.7. The van der Waals surface area contributed by atoms with Gasteiger partial charge < -0.3 is 14.7 Å². The third-order valence-electron chi connectivity index (χ3n) is 2.47. The van der Waals surface area contributed by atoms with Crippen molar-refractivity contribution in [2.45, 2.75) is 6.92 Å². The van der Waals surface area contributed by atoms with Crippen molar-refractivity contribution in [3.05, 3.63) is 11.8 Å². The summed E-state index contributed by atoms with van der Waals surface area (Å²) < 4.78 is 4.79. The van der Waals surface area contributed by atoms with Gasteiger partial charge in [0.2, 0.25) is 0 Å². The van der Waals surface area contributed by atoms with Crippen molar-refractivity contribution < 1.29 is 14.1 Å². The Hall–Kier alpha value is -1.89. The van der Waals surface area contributed by atoms with Crippen LogP contribution in [-0.2, 0) is 9.59 Å². The fourth-order valence-corrected chi connectivity index (χ4v) is 1.61. The highest BCUT2D eigenvalue weighted by Gasteiger charge is 2.23. The van der Waals surface area contributed by atoms with Crippen molar-refractivity contribution in [3.63, 3.8) is 0 Å². The van der Waals surface area contributed by atoms with Crippen LogP contribution in [0.15, 0.2) is 10.6 Å². The van der Waals surface area contributed by atoms with Gasteiger partial charge in [0.25, 0.3) is 0 Å². The largest absolute Gasteiger partial charge is 0.360 e. The van der Waals surface area contributed by atoms with E-state index < -0.39 is 11.8 Å². The number of nitrogens with one attached hydrogen (secondary N) is 2. The average molecular weight is 238 g/mol. The molecule has 0 unspecified atom stereocenters. The molecule has 1 fully saturated rings. The van der Waals surface area contributed by atoms with E-state index >= 15 is 0 Å². The highest BCUT2D eigenvalue weighted by atomic mass is 16.5. The molecule has 2 amide bonds. The summed E-state index contributed by atoms with van der Waals surface area (Å²) in [5.41, 5.74) is 0. The summed E-state index contributed by atoms with van der Waals surface area (Å²) in [6.45, 7) is 4.22. The van der Waals surface area contributed by atoms with Crippen molar-refractivity contribution in [1.82, 2.24) is 15.4 Å². The van der Waals surface area contributed by atoms with Crippen LogP contribution >= 0.6 is 0 Å². The lowest BCUT2D eigenvalue weighted by Gasteiger charge is -2.26. The van der Waals surface area contributed by atoms with Crippen LogP contribution in [0, 0.1) is 6.92 Å². The third-order valence-corrected chi connectivity index (χ3v) is 2.47. The molecule has 0 spiro atoms. The van der Waals surface area contributed by atoms with E-state index in [4.69, 9.17) is 4.52 Å². The first-order valence-electron chi connectivity index (χ1n) is 5.41. The standard InChI is InChI=1S/C10H14N4O3/c1-7-6-8(13-17-7)12-9(15)10(16)14-4-2-11-3-5-14/h6,11H,2-5H2,1H3,(H,12,13,15). The monoisotopic (exact) mass is 238 g/mol. The van der Waals surface area contributed by atoms with Crippen LogP contribution in [0.3, 0.4) is 0 Å². The molecule has 2 N–H and O–H groups in total. The number of rotatable bonds is 1. The van der Waals surface area contributed by atoms with Crippen molar-refractivity contribution in [3.8, 4) is 0 Å². The van der Waals surface area contributed by atoms with Gasteiger partial charge >= 0.3 is 11.8 Å². The number of piperazine rings is 1. The lowest BCUT2D eigenvalue weighted by atomic mass is 10.3. The Bertz CT molecular complexity index is 423. The molecule has 1 aromatic rings. The molecular formula is C10H14N4O3. The van der Waals surface area contributed by atoms with Crippen LogP contribution in [0.25, 0.3) is 0 Å². The number of amides is 2. The first kappa shape index (κ1) is 11.6. The molecule has 17 heavy (non-hydrogen) atoms. The van der Waals surface area contributed by atoms with Crippen molar-refractivity contribution >= 4 is 17.6 Å². The molecule has 2 rings (SSSR count). The number of anilines is 1. The molecule has 0 aromatic carbocycles. The number of aryl methyl sites for hydroxylation is 1. The highest BCUT2D eigenvalue weighted by molar-refractivity contribution is 6.39. The fourth-order valence-electron chi connectivity index (χ4n) is 1.61. The molecule has 1 saturated heterocycles. The van der Waals surface area contributed by atoms with Crippen LogP contribution in [0.2, 0.25) is 0 Å². The summed E-state index contributed by atoms with van der Waals surface area (Å²) in [6, 6.07) is 1.56. The number of hydrogen-bond donors (Lipinski definition) is 2. The molecule has 92 valence electrons. The summed E-state index contributed by atoms with van der Waals surface area (Å²) in [6.07, 6.45) is 0.